The number of hydroxylamine groups is 2. The third-order valence-electron chi connectivity index (χ3n) is 4.23. The van der Waals surface area contributed by atoms with E-state index in [0.717, 1.165) is 19.3 Å². The van der Waals surface area contributed by atoms with Gasteiger partial charge in [-0.3, -0.25) is 14.5 Å². The maximum Gasteiger partial charge on any atom is 0.410 e. The second-order valence-electron chi connectivity index (χ2n) is 7.17. The molecule has 0 aromatic heterocycles. The van der Waals surface area contributed by atoms with Gasteiger partial charge in [-0.2, -0.15) is 0 Å². The molecule has 0 saturated carbocycles. The molecule has 6 nitrogen and oxygen atoms in total. The number of carbonyl (C=O) groups is 2. The van der Waals surface area contributed by atoms with E-state index in [9.17, 15) is 9.59 Å². The van der Waals surface area contributed by atoms with Gasteiger partial charge in [-0.15, -0.1) is 0 Å². The molecule has 3 atom stereocenters. The Morgan fingerprint density at radius 1 is 1.18 bits per heavy atom. The number of carbonyl (C=O) groups excluding carboxylic acids is 2. The average molecular weight is 308 g/mol. The number of fused-ring (bicyclic) bond motifs is 2. The van der Waals surface area contributed by atoms with Gasteiger partial charge in [-0.05, 0) is 46.5 Å². The SMILES string of the molecule is CC(C)(C)OC(=O)N1CCC[C@@H]1C(=O)N1O[C@H]2C=C[C@@H]1CC2. The quantitative estimate of drug-likeness (QED) is 0.697. The van der Waals surface area contributed by atoms with Crippen molar-refractivity contribution in [2.75, 3.05) is 6.54 Å². The third-order valence-corrected chi connectivity index (χ3v) is 4.23. The summed E-state index contributed by atoms with van der Waals surface area (Å²) in [5, 5.41) is 1.47. The van der Waals surface area contributed by atoms with Crippen LogP contribution in [0.4, 0.5) is 4.79 Å². The minimum Gasteiger partial charge on any atom is -0.444 e. The lowest BCUT2D eigenvalue weighted by molar-refractivity contribution is -0.233. The van der Waals surface area contributed by atoms with E-state index in [2.05, 4.69) is 0 Å². The Labute approximate surface area is 131 Å². The van der Waals surface area contributed by atoms with Gasteiger partial charge in [0.25, 0.3) is 5.91 Å². The molecule has 2 fully saturated rings. The summed E-state index contributed by atoms with van der Waals surface area (Å²) in [6.45, 7) is 6.04. The molecule has 0 N–H and O–H groups in total. The van der Waals surface area contributed by atoms with Gasteiger partial charge in [0, 0.05) is 6.54 Å². The highest BCUT2D eigenvalue weighted by atomic mass is 16.7. The van der Waals surface area contributed by atoms with E-state index >= 15 is 0 Å². The van der Waals surface area contributed by atoms with Crippen molar-refractivity contribution in [3.8, 4) is 0 Å². The lowest BCUT2D eigenvalue weighted by Crippen LogP contribution is -2.55. The normalized spacial score (nSPS) is 30.8. The van der Waals surface area contributed by atoms with E-state index in [1.807, 2.05) is 32.9 Å². The highest BCUT2D eigenvalue weighted by Gasteiger charge is 2.43. The summed E-state index contributed by atoms with van der Waals surface area (Å²) in [7, 11) is 0. The molecular weight excluding hydrogens is 284 g/mol. The minimum absolute atomic E-state index is 0.00131. The van der Waals surface area contributed by atoms with Crippen LogP contribution in [0.5, 0.6) is 0 Å². The molecule has 0 aromatic carbocycles. The molecule has 0 radical (unpaired) electrons. The van der Waals surface area contributed by atoms with E-state index in [4.69, 9.17) is 9.57 Å². The smallest absolute Gasteiger partial charge is 0.410 e. The molecule has 0 spiro atoms. The summed E-state index contributed by atoms with van der Waals surface area (Å²) in [5.74, 6) is -0.123. The van der Waals surface area contributed by atoms with Crippen molar-refractivity contribution in [3.05, 3.63) is 12.2 Å². The van der Waals surface area contributed by atoms with Crippen molar-refractivity contribution in [2.45, 2.75) is 70.2 Å². The molecule has 2 saturated heterocycles. The second kappa shape index (κ2) is 5.57. The molecule has 0 aromatic rings. The fourth-order valence-corrected chi connectivity index (χ4v) is 3.21. The van der Waals surface area contributed by atoms with Crippen LogP contribution in [-0.4, -0.2) is 52.3 Å². The maximum atomic E-state index is 12.8. The number of rotatable bonds is 1. The van der Waals surface area contributed by atoms with Gasteiger partial charge in [0.05, 0.1) is 6.04 Å². The molecule has 0 unspecified atom stereocenters. The first-order chi connectivity index (χ1) is 10.3. The lowest BCUT2D eigenvalue weighted by Gasteiger charge is -2.42. The molecule has 2 bridgehead atoms. The Balaban J connectivity index is 1.69. The van der Waals surface area contributed by atoms with Crippen molar-refractivity contribution in [1.82, 2.24) is 9.96 Å². The van der Waals surface area contributed by atoms with Crippen molar-refractivity contribution in [1.29, 1.82) is 0 Å². The zero-order valence-corrected chi connectivity index (χ0v) is 13.4. The van der Waals surface area contributed by atoms with Crippen LogP contribution in [0.15, 0.2) is 12.2 Å². The molecule has 3 aliphatic heterocycles. The molecule has 4 rings (SSSR count). The van der Waals surface area contributed by atoms with Crippen LogP contribution in [0.25, 0.3) is 0 Å². The third kappa shape index (κ3) is 2.97. The largest absolute Gasteiger partial charge is 0.444 e. The second-order valence-corrected chi connectivity index (χ2v) is 7.17. The van der Waals surface area contributed by atoms with E-state index in [1.165, 1.54) is 5.06 Å². The van der Waals surface area contributed by atoms with Gasteiger partial charge in [0.1, 0.15) is 17.7 Å². The van der Waals surface area contributed by atoms with Crippen LogP contribution in [0.2, 0.25) is 0 Å². The molecule has 1 aliphatic carbocycles. The fraction of sp³-hybridized carbons (Fsp3) is 0.750. The fourth-order valence-electron chi connectivity index (χ4n) is 3.21. The summed E-state index contributed by atoms with van der Waals surface area (Å²) >= 11 is 0. The van der Waals surface area contributed by atoms with Gasteiger partial charge in [0.2, 0.25) is 0 Å². The van der Waals surface area contributed by atoms with E-state index in [1.54, 1.807) is 4.90 Å². The van der Waals surface area contributed by atoms with Crippen LogP contribution >= 0.6 is 0 Å². The van der Waals surface area contributed by atoms with Crippen molar-refractivity contribution in [3.63, 3.8) is 0 Å². The van der Waals surface area contributed by atoms with Gasteiger partial charge in [-0.1, -0.05) is 12.2 Å². The first kappa shape index (κ1) is 15.3. The van der Waals surface area contributed by atoms with E-state index in [-0.39, 0.29) is 18.1 Å². The Morgan fingerprint density at radius 3 is 2.50 bits per heavy atom. The summed E-state index contributed by atoms with van der Waals surface area (Å²) < 4.78 is 5.41. The molecule has 2 amide bonds. The van der Waals surface area contributed by atoms with Crippen LogP contribution in [0.1, 0.15) is 46.5 Å². The van der Waals surface area contributed by atoms with Crippen LogP contribution in [0.3, 0.4) is 0 Å². The van der Waals surface area contributed by atoms with E-state index < -0.39 is 17.7 Å². The van der Waals surface area contributed by atoms with E-state index in [0.29, 0.717) is 13.0 Å². The molecule has 6 heteroatoms. The predicted octanol–water partition coefficient (Wildman–Crippen LogP) is 2.25. The first-order valence-electron chi connectivity index (χ1n) is 8.03. The molecule has 3 heterocycles. The van der Waals surface area contributed by atoms with Gasteiger partial charge >= 0.3 is 6.09 Å². The Morgan fingerprint density at radius 2 is 1.95 bits per heavy atom. The van der Waals surface area contributed by atoms with Crippen molar-refractivity contribution in [2.24, 2.45) is 0 Å². The molecule has 4 aliphatic rings. The molecule has 22 heavy (non-hydrogen) atoms. The predicted molar refractivity (Wildman–Crippen MR) is 79.8 cm³/mol. The van der Waals surface area contributed by atoms with Crippen LogP contribution in [-0.2, 0) is 14.4 Å². The zero-order valence-electron chi connectivity index (χ0n) is 13.4. The Hall–Kier alpha value is -1.56. The number of amides is 2. The number of ether oxygens (including phenoxy) is 1. The molecular formula is C16H24N2O4. The van der Waals surface area contributed by atoms with Crippen LogP contribution in [0, 0.1) is 0 Å². The topological polar surface area (TPSA) is 59.1 Å². The molecule has 122 valence electrons. The standard InChI is InChI=1S/C16H24N2O4/c1-16(2,3)21-15(20)17-10-4-5-13(17)14(19)18-11-6-8-12(22-18)9-7-11/h6,8,11-13H,4-5,7,9-10H2,1-3H3/t11-,12+,13-/m1/s1. The lowest BCUT2D eigenvalue weighted by atomic mass is 9.97. The summed E-state index contributed by atoms with van der Waals surface area (Å²) in [4.78, 5) is 32.3. The average Bonchev–Trinajstić information content (AvgIpc) is 2.95. The van der Waals surface area contributed by atoms with Gasteiger partial charge < -0.3 is 4.74 Å². The summed E-state index contributed by atoms with van der Waals surface area (Å²) in [6.07, 6.45) is 6.97. The summed E-state index contributed by atoms with van der Waals surface area (Å²) in [6, 6.07) is -0.471. The Kier molecular flexibility index (Phi) is 3.89. The maximum absolute atomic E-state index is 12.8. The van der Waals surface area contributed by atoms with Crippen molar-refractivity contribution >= 4 is 12.0 Å². The number of likely N-dealkylation sites (tertiary alicyclic amines) is 1. The van der Waals surface area contributed by atoms with Gasteiger partial charge in [0.15, 0.2) is 0 Å². The summed E-state index contributed by atoms with van der Waals surface area (Å²) in [5.41, 5.74) is -0.559. The zero-order chi connectivity index (χ0) is 15.9. The number of nitrogens with zero attached hydrogens (tertiary/aromatic N) is 2. The Bertz CT molecular complexity index is 497. The first-order valence-corrected chi connectivity index (χ1v) is 8.03. The van der Waals surface area contributed by atoms with Crippen LogP contribution < -0.4 is 0 Å². The highest BCUT2D eigenvalue weighted by molar-refractivity contribution is 5.86. The van der Waals surface area contributed by atoms with Gasteiger partial charge in [-0.25, -0.2) is 9.86 Å². The number of hydrogen-bond acceptors (Lipinski definition) is 4. The van der Waals surface area contributed by atoms with Crippen molar-refractivity contribution < 1.29 is 19.2 Å². The minimum atomic E-state index is -0.559. The number of hydrogen-bond donors (Lipinski definition) is 0. The highest BCUT2D eigenvalue weighted by Crippen LogP contribution is 2.30. The monoisotopic (exact) mass is 308 g/mol.